The lowest BCUT2D eigenvalue weighted by Crippen LogP contribution is -2.24. The lowest BCUT2D eigenvalue weighted by atomic mass is 9.99. The fraction of sp³-hybridized carbons (Fsp3) is 0.571. The van der Waals surface area contributed by atoms with Gasteiger partial charge in [0.15, 0.2) is 0 Å². The van der Waals surface area contributed by atoms with Gasteiger partial charge < -0.3 is 14.8 Å². The van der Waals surface area contributed by atoms with Crippen molar-refractivity contribution in [2.24, 2.45) is 0 Å². The maximum absolute atomic E-state index is 5.39. The zero-order valence-electron chi connectivity index (χ0n) is 10.9. The Hall–Kier alpha value is -1.22. The number of nitrogens with one attached hydrogen (secondary N) is 1. The summed E-state index contributed by atoms with van der Waals surface area (Å²) in [7, 11) is 3.40. The molecule has 3 heteroatoms. The molecule has 1 fully saturated rings. The minimum Gasteiger partial charge on any atom is -0.497 e. The van der Waals surface area contributed by atoms with Gasteiger partial charge in [0, 0.05) is 12.1 Å². The zero-order chi connectivity index (χ0) is 12.3. The average molecular weight is 235 g/mol. The van der Waals surface area contributed by atoms with Crippen LogP contribution in [0.25, 0.3) is 0 Å². The van der Waals surface area contributed by atoms with Crippen LogP contribution in [0.4, 0.5) is 0 Å². The van der Waals surface area contributed by atoms with Gasteiger partial charge in [-0.15, -0.1) is 0 Å². The quantitative estimate of drug-likeness (QED) is 0.868. The standard InChI is InChI=1S/C14H21NO2/c1-10-11(7-12-5-4-6-15-12)8-13(16-2)9-14(10)17-3/h8-9,12,15H,4-7H2,1-3H3. The van der Waals surface area contributed by atoms with Crippen molar-refractivity contribution in [3.8, 4) is 11.5 Å². The van der Waals surface area contributed by atoms with Crippen LogP contribution in [0.2, 0.25) is 0 Å². The number of methoxy groups -OCH3 is 2. The molecule has 1 aromatic rings. The summed E-state index contributed by atoms with van der Waals surface area (Å²) in [6.45, 7) is 3.26. The van der Waals surface area contributed by atoms with E-state index in [0.29, 0.717) is 6.04 Å². The van der Waals surface area contributed by atoms with Gasteiger partial charge >= 0.3 is 0 Å². The molecule has 1 saturated heterocycles. The van der Waals surface area contributed by atoms with Crippen molar-refractivity contribution in [1.29, 1.82) is 0 Å². The largest absolute Gasteiger partial charge is 0.497 e. The second kappa shape index (κ2) is 5.41. The van der Waals surface area contributed by atoms with Crippen LogP contribution in [0, 0.1) is 6.92 Å². The van der Waals surface area contributed by atoms with E-state index in [2.05, 4.69) is 18.3 Å². The molecule has 0 radical (unpaired) electrons. The van der Waals surface area contributed by atoms with Gasteiger partial charge in [-0.1, -0.05) is 0 Å². The molecule has 1 aromatic carbocycles. The van der Waals surface area contributed by atoms with E-state index >= 15 is 0 Å². The number of ether oxygens (including phenoxy) is 2. The molecule has 0 aliphatic carbocycles. The Kier molecular flexibility index (Phi) is 3.89. The molecular formula is C14H21NO2. The maximum Gasteiger partial charge on any atom is 0.125 e. The third kappa shape index (κ3) is 2.72. The topological polar surface area (TPSA) is 30.5 Å². The molecule has 1 N–H and O–H groups in total. The van der Waals surface area contributed by atoms with Crippen molar-refractivity contribution in [2.45, 2.75) is 32.2 Å². The Labute approximate surface area is 103 Å². The van der Waals surface area contributed by atoms with Gasteiger partial charge in [0.25, 0.3) is 0 Å². The Morgan fingerprint density at radius 3 is 2.71 bits per heavy atom. The molecule has 1 atom stereocenters. The third-order valence-corrected chi connectivity index (χ3v) is 3.53. The molecule has 2 rings (SSSR count). The van der Waals surface area contributed by atoms with Crippen molar-refractivity contribution in [3.63, 3.8) is 0 Å². The third-order valence-electron chi connectivity index (χ3n) is 3.53. The van der Waals surface area contributed by atoms with Crippen molar-refractivity contribution in [1.82, 2.24) is 5.32 Å². The Morgan fingerprint density at radius 2 is 2.12 bits per heavy atom. The average Bonchev–Trinajstić information content (AvgIpc) is 2.84. The van der Waals surface area contributed by atoms with Gasteiger partial charge in [-0.25, -0.2) is 0 Å². The van der Waals surface area contributed by atoms with Crippen LogP contribution >= 0.6 is 0 Å². The van der Waals surface area contributed by atoms with Gasteiger partial charge in [0.05, 0.1) is 14.2 Å². The molecule has 0 saturated carbocycles. The number of hydrogen-bond acceptors (Lipinski definition) is 3. The Balaban J connectivity index is 2.24. The monoisotopic (exact) mass is 235 g/mol. The summed E-state index contributed by atoms with van der Waals surface area (Å²) in [5, 5.41) is 3.53. The van der Waals surface area contributed by atoms with E-state index in [1.165, 1.54) is 24.0 Å². The first-order valence-electron chi connectivity index (χ1n) is 6.19. The van der Waals surface area contributed by atoms with Crippen molar-refractivity contribution in [2.75, 3.05) is 20.8 Å². The van der Waals surface area contributed by atoms with Gasteiger partial charge in [-0.3, -0.25) is 0 Å². The number of rotatable bonds is 4. The van der Waals surface area contributed by atoms with Crippen molar-refractivity contribution < 1.29 is 9.47 Å². The molecule has 0 spiro atoms. The van der Waals surface area contributed by atoms with Crippen LogP contribution in [0.5, 0.6) is 11.5 Å². The lowest BCUT2D eigenvalue weighted by Gasteiger charge is -2.16. The van der Waals surface area contributed by atoms with E-state index in [9.17, 15) is 0 Å². The minimum atomic E-state index is 0.602. The molecule has 1 aliphatic rings. The highest BCUT2D eigenvalue weighted by Crippen LogP contribution is 2.29. The fourth-order valence-electron chi connectivity index (χ4n) is 2.46. The van der Waals surface area contributed by atoms with Crippen LogP contribution < -0.4 is 14.8 Å². The van der Waals surface area contributed by atoms with E-state index in [4.69, 9.17) is 9.47 Å². The molecule has 1 heterocycles. The highest BCUT2D eigenvalue weighted by molar-refractivity contribution is 5.46. The molecule has 0 amide bonds. The van der Waals surface area contributed by atoms with E-state index in [1.54, 1.807) is 14.2 Å². The molecule has 1 unspecified atom stereocenters. The van der Waals surface area contributed by atoms with Gasteiger partial charge in [-0.2, -0.15) is 0 Å². The first-order chi connectivity index (χ1) is 8.24. The zero-order valence-corrected chi connectivity index (χ0v) is 10.9. The summed E-state index contributed by atoms with van der Waals surface area (Å²) in [6, 6.07) is 4.67. The molecular weight excluding hydrogens is 214 g/mol. The number of hydrogen-bond donors (Lipinski definition) is 1. The van der Waals surface area contributed by atoms with Crippen LogP contribution in [0.3, 0.4) is 0 Å². The number of benzene rings is 1. The van der Waals surface area contributed by atoms with Gasteiger partial charge in [0.1, 0.15) is 11.5 Å². The molecule has 0 bridgehead atoms. The van der Waals surface area contributed by atoms with Crippen molar-refractivity contribution in [3.05, 3.63) is 23.3 Å². The van der Waals surface area contributed by atoms with Crippen molar-refractivity contribution >= 4 is 0 Å². The van der Waals surface area contributed by atoms with E-state index in [-0.39, 0.29) is 0 Å². The summed E-state index contributed by atoms with van der Waals surface area (Å²) in [5.74, 6) is 1.79. The summed E-state index contributed by atoms with van der Waals surface area (Å²) in [4.78, 5) is 0. The predicted octanol–water partition coefficient (Wildman–Crippen LogP) is 2.31. The highest BCUT2D eigenvalue weighted by atomic mass is 16.5. The Morgan fingerprint density at radius 1 is 1.29 bits per heavy atom. The lowest BCUT2D eigenvalue weighted by molar-refractivity contribution is 0.390. The first-order valence-corrected chi connectivity index (χ1v) is 6.19. The Bertz CT molecular complexity index is 384. The smallest absolute Gasteiger partial charge is 0.125 e. The van der Waals surface area contributed by atoms with Crippen LogP contribution in [0.15, 0.2) is 12.1 Å². The second-order valence-electron chi connectivity index (χ2n) is 4.61. The summed E-state index contributed by atoms with van der Waals surface area (Å²) < 4.78 is 10.7. The SMILES string of the molecule is COc1cc(CC2CCCN2)c(C)c(OC)c1. The summed E-state index contributed by atoms with van der Waals surface area (Å²) >= 11 is 0. The van der Waals surface area contributed by atoms with E-state index in [0.717, 1.165) is 24.5 Å². The normalized spacial score (nSPS) is 19.4. The highest BCUT2D eigenvalue weighted by Gasteiger charge is 2.17. The summed E-state index contributed by atoms with van der Waals surface area (Å²) in [5.41, 5.74) is 2.54. The maximum atomic E-state index is 5.39. The molecule has 0 aromatic heterocycles. The second-order valence-corrected chi connectivity index (χ2v) is 4.61. The van der Waals surface area contributed by atoms with E-state index in [1.807, 2.05) is 6.07 Å². The van der Waals surface area contributed by atoms with E-state index < -0.39 is 0 Å². The van der Waals surface area contributed by atoms with Gasteiger partial charge in [-0.05, 0) is 49.9 Å². The molecule has 3 nitrogen and oxygen atoms in total. The first kappa shape index (κ1) is 12.2. The summed E-state index contributed by atoms with van der Waals surface area (Å²) in [6.07, 6.45) is 3.60. The van der Waals surface area contributed by atoms with Crippen LogP contribution in [-0.2, 0) is 6.42 Å². The molecule has 94 valence electrons. The van der Waals surface area contributed by atoms with Crippen LogP contribution in [0.1, 0.15) is 24.0 Å². The fourth-order valence-corrected chi connectivity index (χ4v) is 2.46. The van der Waals surface area contributed by atoms with Gasteiger partial charge in [0.2, 0.25) is 0 Å². The minimum absolute atomic E-state index is 0.602. The molecule has 17 heavy (non-hydrogen) atoms. The van der Waals surface area contributed by atoms with Crippen LogP contribution in [-0.4, -0.2) is 26.8 Å². The predicted molar refractivity (Wildman–Crippen MR) is 69.0 cm³/mol. The molecule has 1 aliphatic heterocycles.